The van der Waals surface area contributed by atoms with Crippen molar-refractivity contribution in [3.63, 3.8) is 0 Å². The summed E-state index contributed by atoms with van der Waals surface area (Å²) in [4.78, 5) is 0. The smallest absolute Gasteiger partial charge is 0.120 e. The average molecular weight is 306 g/mol. The van der Waals surface area contributed by atoms with Gasteiger partial charge in [-0.2, -0.15) is 0 Å². The second kappa shape index (κ2) is 8.06. The van der Waals surface area contributed by atoms with Crippen LogP contribution in [0.2, 0.25) is 0 Å². The van der Waals surface area contributed by atoms with Crippen molar-refractivity contribution in [3.05, 3.63) is 65.7 Å². The normalized spacial score (nSPS) is 10.8. The Morgan fingerprint density at radius 3 is 2.24 bits per heavy atom. The minimum atomic E-state index is 0. The Morgan fingerprint density at radius 1 is 0.905 bits per heavy atom. The van der Waals surface area contributed by atoms with Crippen molar-refractivity contribution < 1.29 is 4.74 Å². The Kier molecular flexibility index (Phi) is 6.73. The predicted molar refractivity (Wildman–Crippen MR) is 91.1 cm³/mol. The lowest BCUT2D eigenvalue weighted by atomic mass is 10.1. The molecule has 0 aliphatic carbocycles. The fraction of sp³-hybridized carbons (Fsp3) is 0.333. The first kappa shape index (κ1) is 17.5. The molecule has 0 atom stereocenters. The number of ether oxygens (including phenoxy) is 1. The Hall–Kier alpha value is -1.51. The van der Waals surface area contributed by atoms with Crippen LogP contribution >= 0.6 is 12.4 Å². The van der Waals surface area contributed by atoms with E-state index < -0.39 is 0 Å². The Morgan fingerprint density at radius 2 is 1.57 bits per heavy atom. The molecule has 0 aliphatic heterocycles. The van der Waals surface area contributed by atoms with Gasteiger partial charge in [-0.05, 0) is 44.0 Å². The van der Waals surface area contributed by atoms with Gasteiger partial charge in [0.15, 0.2) is 0 Å². The molecule has 0 amide bonds. The highest BCUT2D eigenvalue weighted by atomic mass is 35.5. The molecule has 21 heavy (non-hydrogen) atoms. The molecule has 0 unspecified atom stereocenters. The van der Waals surface area contributed by atoms with Crippen LogP contribution in [-0.2, 0) is 13.2 Å². The highest BCUT2D eigenvalue weighted by Crippen LogP contribution is 2.16. The van der Waals surface area contributed by atoms with Gasteiger partial charge in [-0.25, -0.2) is 0 Å². The van der Waals surface area contributed by atoms with Gasteiger partial charge >= 0.3 is 0 Å². The molecular formula is C18H24ClNO. The number of hydrogen-bond donors (Lipinski definition) is 1. The van der Waals surface area contributed by atoms with Crippen molar-refractivity contribution in [1.82, 2.24) is 5.32 Å². The molecule has 3 heteroatoms. The van der Waals surface area contributed by atoms with E-state index in [-0.39, 0.29) is 17.9 Å². The van der Waals surface area contributed by atoms with Crippen LogP contribution in [0.25, 0.3) is 0 Å². The van der Waals surface area contributed by atoms with Crippen LogP contribution in [0.5, 0.6) is 5.75 Å². The van der Waals surface area contributed by atoms with Crippen molar-refractivity contribution >= 4 is 12.4 Å². The summed E-state index contributed by atoms with van der Waals surface area (Å²) >= 11 is 0. The van der Waals surface area contributed by atoms with Gasteiger partial charge in [-0.1, -0.05) is 42.5 Å². The van der Waals surface area contributed by atoms with Crippen LogP contribution < -0.4 is 10.1 Å². The van der Waals surface area contributed by atoms with E-state index in [1.54, 1.807) is 0 Å². The summed E-state index contributed by atoms with van der Waals surface area (Å²) in [6, 6.07) is 18.5. The third kappa shape index (κ3) is 6.65. The van der Waals surface area contributed by atoms with Gasteiger partial charge in [0, 0.05) is 12.1 Å². The average Bonchev–Trinajstić information content (AvgIpc) is 2.44. The second-order valence-electron chi connectivity index (χ2n) is 6.03. The standard InChI is InChI=1S/C18H23NO.ClH/c1-18(2,3)19-13-16-10-7-11-17(12-16)20-14-15-8-5-4-6-9-15;/h4-12,19H,13-14H2,1-3H3;1H. The van der Waals surface area contributed by atoms with Crippen LogP contribution in [-0.4, -0.2) is 5.54 Å². The first-order chi connectivity index (χ1) is 9.53. The van der Waals surface area contributed by atoms with Crippen molar-refractivity contribution in [2.75, 3.05) is 0 Å². The summed E-state index contributed by atoms with van der Waals surface area (Å²) in [7, 11) is 0. The van der Waals surface area contributed by atoms with E-state index in [0.717, 1.165) is 12.3 Å². The predicted octanol–water partition coefficient (Wildman–Crippen LogP) is 4.58. The van der Waals surface area contributed by atoms with Gasteiger partial charge in [0.1, 0.15) is 12.4 Å². The third-order valence-corrected chi connectivity index (χ3v) is 2.97. The maximum Gasteiger partial charge on any atom is 0.120 e. The Labute approximate surface area is 133 Å². The number of rotatable bonds is 5. The van der Waals surface area contributed by atoms with Gasteiger partial charge in [0.05, 0.1) is 0 Å². The molecule has 0 bridgehead atoms. The monoisotopic (exact) mass is 305 g/mol. The van der Waals surface area contributed by atoms with Crippen molar-refractivity contribution in [2.24, 2.45) is 0 Å². The Balaban J connectivity index is 0.00000220. The lowest BCUT2D eigenvalue weighted by molar-refractivity contribution is 0.305. The zero-order valence-electron chi connectivity index (χ0n) is 12.9. The van der Waals surface area contributed by atoms with Gasteiger partial charge < -0.3 is 10.1 Å². The van der Waals surface area contributed by atoms with Gasteiger partial charge in [0.25, 0.3) is 0 Å². The van der Waals surface area contributed by atoms with E-state index in [2.05, 4.69) is 50.4 Å². The minimum absolute atomic E-state index is 0. The maximum absolute atomic E-state index is 5.84. The van der Waals surface area contributed by atoms with E-state index in [4.69, 9.17) is 4.74 Å². The van der Waals surface area contributed by atoms with Crippen molar-refractivity contribution in [2.45, 2.75) is 39.5 Å². The fourth-order valence-corrected chi connectivity index (χ4v) is 1.85. The highest BCUT2D eigenvalue weighted by molar-refractivity contribution is 5.85. The molecule has 0 saturated carbocycles. The summed E-state index contributed by atoms with van der Waals surface area (Å²) in [5.41, 5.74) is 2.55. The van der Waals surface area contributed by atoms with Crippen LogP contribution in [0, 0.1) is 0 Å². The second-order valence-corrected chi connectivity index (χ2v) is 6.03. The molecular weight excluding hydrogens is 282 g/mol. The van der Waals surface area contributed by atoms with Crippen molar-refractivity contribution in [1.29, 1.82) is 0 Å². The summed E-state index contributed by atoms with van der Waals surface area (Å²) in [5, 5.41) is 3.48. The van der Waals surface area contributed by atoms with E-state index >= 15 is 0 Å². The fourth-order valence-electron chi connectivity index (χ4n) is 1.85. The third-order valence-electron chi connectivity index (χ3n) is 2.97. The van der Waals surface area contributed by atoms with Crippen molar-refractivity contribution in [3.8, 4) is 5.75 Å². The molecule has 0 heterocycles. The topological polar surface area (TPSA) is 21.3 Å². The highest BCUT2D eigenvalue weighted by Gasteiger charge is 2.08. The number of hydrogen-bond acceptors (Lipinski definition) is 2. The maximum atomic E-state index is 5.84. The van der Waals surface area contributed by atoms with E-state index in [9.17, 15) is 0 Å². The molecule has 0 fully saturated rings. The lowest BCUT2D eigenvalue weighted by Gasteiger charge is -2.20. The van der Waals surface area contributed by atoms with Gasteiger partial charge in [-0.15, -0.1) is 12.4 Å². The molecule has 2 aromatic rings. The zero-order valence-corrected chi connectivity index (χ0v) is 13.7. The molecule has 2 nitrogen and oxygen atoms in total. The summed E-state index contributed by atoms with van der Waals surface area (Å²) in [5.74, 6) is 0.919. The van der Waals surface area contributed by atoms with Gasteiger partial charge in [-0.3, -0.25) is 0 Å². The molecule has 0 aromatic heterocycles. The van der Waals surface area contributed by atoms with E-state index in [0.29, 0.717) is 6.61 Å². The van der Waals surface area contributed by atoms with Crippen LogP contribution in [0.3, 0.4) is 0 Å². The van der Waals surface area contributed by atoms with E-state index in [1.165, 1.54) is 11.1 Å². The molecule has 1 N–H and O–H groups in total. The summed E-state index contributed by atoms with van der Waals surface area (Å²) < 4.78 is 5.84. The van der Waals surface area contributed by atoms with Crippen LogP contribution in [0.1, 0.15) is 31.9 Å². The summed E-state index contributed by atoms with van der Waals surface area (Å²) in [6.45, 7) is 7.97. The number of nitrogens with one attached hydrogen (secondary N) is 1. The molecule has 114 valence electrons. The molecule has 0 saturated heterocycles. The molecule has 0 radical (unpaired) electrons. The lowest BCUT2D eigenvalue weighted by Crippen LogP contribution is -2.35. The number of benzene rings is 2. The number of halogens is 1. The molecule has 0 spiro atoms. The zero-order chi connectivity index (χ0) is 14.4. The van der Waals surface area contributed by atoms with Crippen LogP contribution in [0.15, 0.2) is 54.6 Å². The van der Waals surface area contributed by atoms with E-state index in [1.807, 2.05) is 30.3 Å². The first-order valence-electron chi connectivity index (χ1n) is 7.04. The minimum Gasteiger partial charge on any atom is -0.489 e. The molecule has 2 aromatic carbocycles. The molecule has 0 aliphatic rings. The first-order valence-corrected chi connectivity index (χ1v) is 7.04. The molecule has 2 rings (SSSR count). The Bertz CT molecular complexity index is 534. The SMILES string of the molecule is CC(C)(C)NCc1cccc(OCc2ccccc2)c1.Cl. The van der Waals surface area contributed by atoms with Gasteiger partial charge in [0.2, 0.25) is 0 Å². The summed E-state index contributed by atoms with van der Waals surface area (Å²) in [6.07, 6.45) is 0. The van der Waals surface area contributed by atoms with Crippen LogP contribution in [0.4, 0.5) is 0 Å². The quantitative estimate of drug-likeness (QED) is 0.873. The largest absolute Gasteiger partial charge is 0.489 e.